The van der Waals surface area contributed by atoms with Crippen LogP contribution in [0.25, 0.3) is 0 Å². The molecule has 0 bridgehead atoms. The van der Waals surface area contributed by atoms with Crippen LogP contribution < -0.4 is 10.6 Å². The third kappa shape index (κ3) is 3.57. The van der Waals surface area contributed by atoms with Crippen molar-refractivity contribution < 1.29 is 9.53 Å². The number of rotatable bonds is 3. The maximum atomic E-state index is 12.8. The molecule has 1 aromatic carbocycles. The maximum Gasteiger partial charge on any atom is 0.253 e. The number of piperidine rings is 1. The molecule has 2 fully saturated rings. The van der Waals surface area contributed by atoms with Crippen molar-refractivity contribution in [3.8, 4) is 0 Å². The Morgan fingerprint density at radius 3 is 2.67 bits per heavy atom. The molecule has 1 aromatic rings. The predicted molar refractivity (Wildman–Crippen MR) is 96.4 cm³/mol. The van der Waals surface area contributed by atoms with Gasteiger partial charge in [0.15, 0.2) is 0 Å². The number of carbonyl (C=O) groups is 1. The van der Waals surface area contributed by atoms with E-state index < -0.39 is 0 Å². The van der Waals surface area contributed by atoms with Gasteiger partial charge < -0.3 is 20.3 Å². The first kappa shape index (κ1) is 17.2. The molecule has 0 aromatic heterocycles. The highest BCUT2D eigenvalue weighted by atomic mass is 16.5. The van der Waals surface area contributed by atoms with Crippen molar-refractivity contribution >= 4 is 11.6 Å². The summed E-state index contributed by atoms with van der Waals surface area (Å²) in [5.74, 6) is 0.144. The van der Waals surface area contributed by atoms with Crippen LogP contribution in [-0.4, -0.2) is 57.2 Å². The Hall–Kier alpha value is -1.59. The Morgan fingerprint density at radius 2 is 2.08 bits per heavy atom. The number of hydrogen-bond acceptors (Lipinski definition) is 4. The van der Waals surface area contributed by atoms with Crippen LogP contribution in [0.5, 0.6) is 0 Å². The van der Waals surface area contributed by atoms with Crippen LogP contribution in [0.3, 0.4) is 0 Å². The van der Waals surface area contributed by atoms with Gasteiger partial charge in [0.25, 0.3) is 5.91 Å². The molecule has 2 saturated heterocycles. The number of benzene rings is 1. The third-order valence-electron chi connectivity index (χ3n) is 5.61. The van der Waals surface area contributed by atoms with Crippen LogP contribution in [0, 0.1) is 5.41 Å². The molecule has 5 heteroatoms. The second kappa shape index (κ2) is 7.11. The van der Waals surface area contributed by atoms with Crippen molar-refractivity contribution in [1.29, 1.82) is 0 Å². The van der Waals surface area contributed by atoms with E-state index in [1.807, 2.05) is 48.2 Å². The van der Waals surface area contributed by atoms with Gasteiger partial charge in [0.2, 0.25) is 0 Å². The Bertz CT molecular complexity index is 570. The average molecular weight is 331 g/mol. The lowest BCUT2D eigenvalue weighted by Crippen LogP contribution is -2.48. The van der Waals surface area contributed by atoms with Gasteiger partial charge in [-0.2, -0.15) is 0 Å². The van der Waals surface area contributed by atoms with Crippen molar-refractivity contribution in [1.82, 2.24) is 4.90 Å². The topological polar surface area (TPSA) is 58.8 Å². The Labute approximate surface area is 144 Å². The lowest BCUT2D eigenvalue weighted by Gasteiger charge is -2.45. The Morgan fingerprint density at radius 1 is 1.33 bits per heavy atom. The van der Waals surface area contributed by atoms with E-state index in [-0.39, 0.29) is 17.4 Å². The van der Waals surface area contributed by atoms with E-state index in [0.717, 1.165) is 50.2 Å². The normalized spacial score (nSPS) is 23.3. The summed E-state index contributed by atoms with van der Waals surface area (Å²) in [5, 5.41) is 0. The summed E-state index contributed by atoms with van der Waals surface area (Å²) < 4.78 is 5.91. The fourth-order valence-corrected chi connectivity index (χ4v) is 3.78. The molecule has 3 rings (SSSR count). The summed E-state index contributed by atoms with van der Waals surface area (Å²) in [6.07, 6.45) is 4.51. The van der Waals surface area contributed by atoms with Crippen LogP contribution >= 0.6 is 0 Å². The summed E-state index contributed by atoms with van der Waals surface area (Å²) in [7, 11) is 3.98. The van der Waals surface area contributed by atoms with Gasteiger partial charge in [-0.1, -0.05) is 6.07 Å². The lowest BCUT2D eigenvalue weighted by atomic mass is 9.73. The molecule has 2 aliphatic rings. The first-order valence-electron chi connectivity index (χ1n) is 8.91. The van der Waals surface area contributed by atoms with Gasteiger partial charge >= 0.3 is 0 Å². The first-order valence-corrected chi connectivity index (χ1v) is 8.91. The van der Waals surface area contributed by atoms with E-state index in [4.69, 9.17) is 10.5 Å². The molecule has 0 radical (unpaired) electrons. The Balaban J connectivity index is 1.60. The van der Waals surface area contributed by atoms with Gasteiger partial charge in [0, 0.05) is 45.0 Å². The number of carbonyl (C=O) groups excluding carboxylic acids is 1. The van der Waals surface area contributed by atoms with Gasteiger partial charge in [-0.3, -0.25) is 4.79 Å². The summed E-state index contributed by atoms with van der Waals surface area (Å²) in [6.45, 7) is 3.05. The summed E-state index contributed by atoms with van der Waals surface area (Å²) in [4.78, 5) is 16.8. The molecular formula is C19H29N3O2. The van der Waals surface area contributed by atoms with Crippen LogP contribution in [0.2, 0.25) is 0 Å². The zero-order valence-corrected chi connectivity index (χ0v) is 14.8. The minimum Gasteiger partial charge on any atom is -0.378 e. The van der Waals surface area contributed by atoms with Crippen molar-refractivity contribution in [3.05, 3.63) is 29.8 Å². The number of ether oxygens (including phenoxy) is 1. The summed E-state index contributed by atoms with van der Waals surface area (Å²) in [5.41, 5.74) is 7.79. The minimum atomic E-state index is 0.144. The largest absolute Gasteiger partial charge is 0.378 e. The highest BCUT2D eigenvalue weighted by molar-refractivity contribution is 5.95. The molecule has 132 valence electrons. The number of likely N-dealkylation sites (tertiary alicyclic amines) is 1. The molecule has 2 aliphatic heterocycles. The van der Waals surface area contributed by atoms with E-state index in [1.165, 1.54) is 6.42 Å². The Kier molecular flexibility index (Phi) is 5.11. The lowest BCUT2D eigenvalue weighted by molar-refractivity contribution is -0.0790. The number of nitrogens with zero attached hydrogens (tertiary/aromatic N) is 2. The zero-order valence-electron chi connectivity index (χ0n) is 14.8. The number of nitrogens with two attached hydrogens (primary N) is 1. The fraction of sp³-hybridized carbons (Fsp3) is 0.632. The van der Waals surface area contributed by atoms with E-state index in [2.05, 4.69) is 0 Å². The standard InChI is InChI=1S/C19H29N3O2/c1-21(2)16-5-3-4-15(12-16)18(23)22-10-8-19(9-11-22)7-6-17(13-20)24-14-19/h3-5,12,17H,6-11,13-14,20H2,1-2H3/t17-/m0/s1. The zero-order chi connectivity index (χ0) is 17.2. The molecule has 0 aliphatic carbocycles. The van der Waals surface area contributed by atoms with Gasteiger partial charge in [0.1, 0.15) is 0 Å². The first-order chi connectivity index (χ1) is 11.5. The third-order valence-corrected chi connectivity index (χ3v) is 5.61. The molecule has 24 heavy (non-hydrogen) atoms. The molecule has 1 atom stereocenters. The van der Waals surface area contributed by atoms with Crippen LogP contribution in [0.15, 0.2) is 24.3 Å². The molecule has 5 nitrogen and oxygen atoms in total. The van der Waals surface area contributed by atoms with Crippen LogP contribution in [0.1, 0.15) is 36.0 Å². The summed E-state index contributed by atoms with van der Waals surface area (Å²) in [6, 6.07) is 7.86. The fourth-order valence-electron chi connectivity index (χ4n) is 3.78. The van der Waals surface area contributed by atoms with Gasteiger partial charge in [0.05, 0.1) is 12.7 Å². The molecule has 1 amide bonds. The van der Waals surface area contributed by atoms with Gasteiger partial charge in [-0.05, 0) is 49.3 Å². The van der Waals surface area contributed by atoms with Crippen molar-refractivity contribution in [3.63, 3.8) is 0 Å². The molecule has 2 heterocycles. The second-order valence-corrected chi connectivity index (χ2v) is 7.44. The quantitative estimate of drug-likeness (QED) is 0.922. The number of amides is 1. The monoisotopic (exact) mass is 331 g/mol. The highest BCUT2D eigenvalue weighted by Gasteiger charge is 2.39. The smallest absolute Gasteiger partial charge is 0.253 e. The van der Waals surface area contributed by atoms with Crippen molar-refractivity contribution in [2.24, 2.45) is 11.1 Å². The van der Waals surface area contributed by atoms with Crippen LogP contribution in [-0.2, 0) is 4.74 Å². The minimum absolute atomic E-state index is 0.144. The van der Waals surface area contributed by atoms with E-state index in [0.29, 0.717) is 6.54 Å². The number of hydrogen-bond donors (Lipinski definition) is 1. The van der Waals surface area contributed by atoms with E-state index in [9.17, 15) is 4.79 Å². The molecular weight excluding hydrogens is 302 g/mol. The SMILES string of the molecule is CN(C)c1cccc(C(=O)N2CCC3(CC[C@@H](CN)OC3)CC2)c1. The van der Waals surface area contributed by atoms with E-state index >= 15 is 0 Å². The van der Waals surface area contributed by atoms with Gasteiger partial charge in [-0.25, -0.2) is 0 Å². The average Bonchev–Trinajstić information content (AvgIpc) is 2.62. The molecule has 0 saturated carbocycles. The van der Waals surface area contributed by atoms with Gasteiger partial charge in [-0.15, -0.1) is 0 Å². The molecule has 2 N–H and O–H groups in total. The summed E-state index contributed by atoms with van der Waals surface area (Å²) >= 11 is 0. The molecule has 1 spiro atoms. The second-order valence-electron chi connectivity index (χ2n) is 7.44. The molecule has 0 unspecified atom stereocenters. The highest BCUT2D eigenvalue weighted by Crippen LogP contribution is 2.40. The number of anilines is 1. The van der Waals surface area contributed by atoms with E-state index in [1.54, 1.807) is 0 Å². The predicted octanol–water partition coefficient (Wildman–Crippen LogP) is 2.11. The van der Waals surface area contributed by atoms with Crippen molar-refractivity contribution in [2.45, 2.75) is 31.8 Å². The maximum absolute atomic E-state index is 12.8. The van der Waals surface area contributed by atoms with Crippen molar-refractivity contribution in [2.75, 3.05) is 45.2 Å². The van der Waals surface area contributed by atoms with Crippen LogP contribution in [0.4, 0.5) is 5.69 Å².